The fourth-order valence-electron chi connectivity index (χ4n) is 3.63. The standard InChI is InChI=1S/C28H40N2O3/c1-8-24(26(32)29-28(5,6)7)30(19-18-21-12-10-9-11-13-21)25(31)20-33-23-16-14-22(15-17-23)27(2,3)4/h9-17,24H,8,18-20H2,1-7H3,(H,29,32)/t24-/m0/s1. The molecular weight excluding hydrogens is 412 g/mol. The zero-order valence-electron chi connectivity index (χ0n) is 21.3. The Balaban J connectivity index is 2.14. The molecule has 0 unspecified atom stereocenters. The van der Waals surface area contributed by atoms with Gasteiger partial charge in [0.2, 0.25) is 5.91 Å². The lowest BCUT2D eigenvalue weighted by Gasteiger charge is -2.33. The second kappa shape index (κ2) is 11.4. The van der Waals surface area contributed by atoms with Crippen LogP contribution in [0.4, 0.5) is 0 Å². The Morgan fingerprint density at radius 1 is 0.939 bits per heavy atom. The Morgan fingerprint density at radius 3 is 2.06 bits per heavy atom. The van der Waals surface area contributed by atoms with E-state index in [2.05, 4.69) is 26.1 Å². The number of nitrogens with zero attached hydrogens (tertiary/aromatic N) is 1. The van der Waals surface area contributed by atoms with Crippen LogP contribution in [0.5, 0.6) is 5.75 Å². The molecule has 0 bridgehead atoms. The van der Waals surface area contributed by atoms with E-state index in [0.717, 1.165) is 5.56 Å². The Bertz CT molecular complexity index is 893. The molecule has 1 atom stereocenters. The molecule has 2 aromatic carbocycles. The van der Waals surface area contributed by atoms with Gasteiger partial charge in [-0.25, -0.2) is 0 Å². The molecule has 1 N–H and O–H groups in total. The minimum absolute atomic E-state index is 0.0529. The Labute approximate surface area is 199 Å². The second-order valence-corrected chi connectivity index (χ2v) is 10.5. The van der Waals surface area contributed by atoms with E-state index in [-0.39, 0.29) is 29.4 Å². The predicted octanol–water partition coefficient (Wildman–Crippen LogP) is 5.13. The maximum atomic E-state index is 13.3. The number of hydrogen-bond acceptors (Lipinski definition) is 3. The van der Waals surface area contributed by atoms with Crippen LogP contribution in [-0.2, 0) is 21.4 Å². The van der Waals surface area contributed by atoms with Crippen molar-refractivity contribution in [1.82, 2.24) is 10.2 Å². The maximum absolute atomic E-state index is 13.3. The smallest absolute Gasteiger partial charge is 0.261 e. The number of nitrogens with one attached hydrogen (secondary N) is 1. The quantitative estimate of drug-likeness (QED) is 0.574. The molecule has 0 aliphatic rings. The number of carbonyl (C=O) groups excluding carboxylic acids is 2. The lowest BCUT2D eigenvalue weighted by atomic mass is 9.87. The molecule has 2 amide bonds. The van der Waals surface area contributed by atoms with Gasteiger partial charge < -0.3 is 15.0 Å². The van der Waals surface area contributed by atoms with Gasteiger partial charge in [0, 0.05) is 12.1 Å². The highest BCUT2D eigenvalue weighted by molar-refractivity contribution is 5.88. The normalized spacial score (nSPS) is 12.7. The zero-order chi connectivity index (χ0) is 24.6. The molecule has 2 aromatic rings. The van der Waals surface area contributed by atoms with Crippen LogP contribution in [0.1, 0.15) is 66.0 Å². The van der Waals surface area contributed by atoms with Gasteiger partial charge in [-0.05, 0) is 62.3 Å². The summed E-state index contributed by atoms with van der Waals surface area (Å²) in [5.74, 6) is 0.314. The summed E-state index contributed by atoms with van der Waals surface area (Å²) in [5.41, 5.74) is 2.01. The van der Waals surface area contributed by atoms with Crippen LogP contribution in [0.25, 0.3) is 0 Å². The van der Waals surface area contributed by atoms with Crippen LogP contribution < -0.4 is 10.1 Å². The van der Waals surface area contributed by atoms with Gasteiger partial charge in [0.1, 0.15) is 11.8 Å². The third-order valence-electron chi connectivity index (χ3n) is 5.45. The molecule has 180 valence electrons. The number of amides is 2. The number of benzene rings is 2. The first-order chi connectivity index (χ1) is 15.4. The van der Waals surface area contributed by atoms with E-state index in [1.165, 1.54) is 5.56 Å². The van der Waals surface area contributed by atoms with Crippen molar-refractivity contribution in [2.45, 2.75) is 78.3 Å². The van der Waals surface area contributed by atoms with Crippen molar-refractivity contribution >= 4 is 11.8 Å². The van der Waals surface area contributed by atoms with E-state index in [0.29, 0.717) is 25.1 Å². The molecule has 0 saturated carbocycles. The van der Waals surface area contributed by atoms with Crippen molar-refractivity contribution in [3.63, 3.8) is 0 Å². The molecule has 0 saturated heterocycles. The number of hydrogen-bond donors (Lipinski definition) is 1. The lowest BCUT2D eigenvalue weighted by molar-refractivity contribution is -0.142. The molecule has 0 fully saturated rings. The van der Waals surface area contributed by atoms with Crippen LogP contribution in [0, 0.1) is 0 Å². The van der Waals surface area contributed by atoms with Crippen LogP contribution in [-0.4, -0.2) is 41.4 Å². The van der Waals surface area contributed by atoms with Crippen LogP contribution in [0.2, 0.25) is 0 Å². The molecule has 33 heavy (non-hydrogen) atoms. The number of ether oxygens (including phenoxy) is 1. The molecule has 0 aromatic heterocycles. The van der Waals surface area contributed by atoms with Crippen LogP contribution in [0.3, 0.4) is 0 Å². The van der Waals surface area contributed by atoms with Gasteiger partial charge in [-0.15, -0.1) is 0 Å². The first kappa shape index (κ1) is 26.4. The molecule has 2 rings (SSSR count). The van der Waals surface area contributed by atoms with Crippen molar-refractivity contribution < 1.29 is 14.3 Å². The van der Waals surface area contributed by atoms with E-state index < -0.39 is 6.04 Å². The molecule has 0 aliphatic heterocycles. The SMILES string of the molecule is CC[C@@H](C(=O)NC(C)(C)C)N(CCc1ccccc1)C(=O)COc1ccc(C(C)(C)C)cc1. The van der Waals surface area contributed by atoms with Crippen LogP contribution >= 0.6 is 0 Å². The van der Waals surface area contributed by atoms with Gasteiger partial charge >= 0.3 is 0 Å². The van der Waals surface area contributed by atoms with Gasteiger partial charge in [-0.1, -0.05) is 70.2 Å². The molecule has 5 nitrogen and oxygen atoms in total. The highest BCUT2D eigenvalue weighted by Crippen LogP contribution is 2.24. The third kappa shape index (κ3) is 8.56. The first-order valence-electron chi connectivity index (χ1n) is 11.8. The van der Waals surface area contributed by atoms with Gasteiger partial charge in [-0.3, -0.25) is 9.59 Å². The van der Waals surface area contributed by atoms with E-state index in [9.17, 15) is 9.59 Å². The second-order valence-electron chi connectivity index (χ2n) is 10.5. The molecule has 0 spiro atoms. The average Bonchev–Trinajstić information content (AvgIpc) is 2.74. The molecular formula is C28H40N2O3. The lowest BCUT2D eigenvalue weighted by Crippen LogP contribution is -2.54. The van der Waals surface area contributed by atoms with Crippen molar-refractivity contribution in [3.05, 3.63) is 65.7 Å². The van der Waals surface area contributed by atoms with Crippen LogP contribution in [0.15, 0.2) is 54.6 Å². The predicted molar refractivity (Wildman–Crippen MR) is 134 cm³/mol. The maximum Gasteiger partial charge on any atom is 0.261 e. The highest BCUT2D eigenvalue weighted by atomic mass is 16.5. The Morgan fingerprint density at radius 2 is 1.55 bits per heavy atom. The van der Waals surface area contributed by atoms with E-state index in [1.54, 1.807) is 4.90 Å². The van der Waals surface area contributed by atoms with E-state index >= 15 is 0 Å². The molecule has 0 heterocycles. The summed E-state index contributed by atoms with van der Waals surface area (Å²) < 4.78 is 5.82. The number of rotatable bonds is 9. The minimum atomic E-state index is -0.549. The molecule has 0 aliphatic carbocycles. The first-order valence-corrected chi connectivity index (χ1v) is 11.8. The summed E-state index contributed by atoms with van der Waals surface area (Å²) in [6.07, 6.45) is 1.20. The molecule has 5 heteroatoms. The summed E-state index contributed by atoms with van der Waals surface area (Å²) in [6, 6.07) is 17.3. The van der Waals surface area contributed by atoms with Crippen molar-refractivity contribution in [1.29, 1.82) is 0 Å². The van der Waals surface area contributed by atoms with Gasteiger partial charge in [0.05, 0.1) is 0 Å². The monoisotopic (exact) mass is 452 g/mol. The largest absolute Gasteiger partial charge is 0.484 e. The average molecular weight is 453 g/mol. The van der Waals surface area contributed by atoms with Crippen molar-refractivity contribution in [2.24, 2.45) is 0 Å². The van der Waals surface area contributed by atoms with Crippen molar-refractivity contribution in [2.75, 3.05) is 13.2 Å². The van der Waals surface area contributed by atoms with Gasteiger partial charge in [0.15, 0.2) is 6.61 Å². The van der Waals surface area contributed by atoms with Gasteiger partial charge in [0.25, 0.3) is 5.91 Å². The fraction of sp³-hybridized carbons (Fsp3) is 0.500. The highest BCUT2D eigenvalue weighted by Gasteiger charge is 2.30. The summed E-state index contributed by atoms with van der Waals surface area (Å²) in [7, 11) is 0. The molecule has 0 radical (unpaired) electrons. The minimum Gasteiger partial charge on any atom is -0.484 e. The number of carbonyl (C=O) groups is 2. The summed E-state index contributed by atoms with van der Waals surface area (Å²) in [5, 5.41) is 3.02. The third-order valence-corrected chi connectivity index (χ3v) is 5.45. The van der Waals surface area contributed by atoms with Gasteiger partial charge in [-0.2, -0.15) is 0 Å². The summed E-state index contributed by atoms with van der Waals surface area (Å²) in [4.78, 5) is 27.9. The van der Waals surface area contributed by atoms with Crippen molar-refractivity contribution in [3.8, 4) is 5.75 Å². The fourth-order valence-corrected chi connectivity index (χ4v) is 3.63. The summed E-state index contributed by atoms with van der Waals surface area (Å²) >= 11 is 0. The topological polar surface area (TPSA) is 58.6 Å². The Hall–Kier alpha value is -2.82. The summed E-state index contributed by atoms with van der Waals surface area (Å²) in [6.45, 7) is 14.6. The van der Waals surface area contributed by atoms with E-state index in [4.69, 9.17) is 4.74 Å². The Kier molecular flexibility index (Phi) is 9.09. The van der Waals surface area contributed by atoms with E-state index in [1.807, 2.05) is 82.3 Å². The zero-order valence-corrected chi connectivity index (χ0v) is 21.3.